The lowest BCUT2D eigenvalue weighted by Crippen LogP contribution is -2.12. The van der Waals surface area contributed by atoms with Crippen molar-refractivity contribution < 1.29 is 9.53 Å². The largest absolute Gasteiger partial charge is 0.467 e. The number of nitrogens with zero attached hydrogens (tertiary/aromatic N) is 1. The molecular weight excluding hydrogens is 309 g/mol. The zero-order valence-corrected chi connectivity index (χ0v) is 14.0. The number of ether oxygens (including phenoxy) is 1. The number of allylic oxidation sites excluding steroid dienone is 2. The fourth-order valence-corrected chi connectivity index (χ4v) is 2.28. The van der Waals surface area contributed by atoms with Crippen LogP contribution >= 0.6 is 23.2 Å². The van der Waals surface area contributed by atoms with Crippen molar-refractivity contribution in [2.45, 2.75) is 57.4 Å². The summed E-state index contributed by atoms with van der Waals surface area (Å²) < 4.78 is 4.98. The third-order valence-electron chi connectivity index (χ3n) is 3.33. The SMILES string of the molecule is COC(=O)C1N=C1/C=C/CCCCCCCCC=C(Cl)Cl. The second-order valence-corrected chi connectivity index (χ2v) is 6.08. The van der Waals surface area contributed by atoms with Gasteiger partial charge in [0.1, 0.15) is 4.49 Å². The van der Waals surface area contributed by atoms with Gasteiger partial charge in [0.15, 0.2) is 6.04 Å². The first kappa shape index (κ1) is 18.2. The molecule has 0 saturated heterocycles. The molecule has 0 amide bonds. The summed E-state index contributed by atoms with van der Waals surface area (Å²) in [5, 5.41) is 0. The summed E-state index contributed by atoms with van der Waals surface area (Å²) in [6.07, 6.45) is 15.2. The number of halogens is 2. The van der Waals surface area contributed by atoms with Gasteiger partial charge >= 0.3 is 5.97 Å². The molecule has 0 fully saturated rings. The molecule has 0 radical (unpaired) electrons. The van der Waals surface area contributed by atoms with Gasteiger partial charge in [-0.3, -0.25) is 4.99 Å². The molecule has 1 rings (SSSR count). The average Bonchev–Trinajstić information content (AvgIpc) is 3.23. The number of hydrogen-bond acceptors (Lipinski definition) is 3. The first-order valence-electron chi connectivity index (χ1n) is 7.48. The van der Waals surface area contributed by atoms with Crippen molar-refractivity contribution in [3.05, 3.63) is 22.7 Å². The monoisotopic (exact) mass is 331 g/mol. The molecule has 0 aromatic rings. The summed E-state index contributed by atoms with van der Waals surface area (Å²) >= 11 is 11.1. The summed E-state index contributed by atoms with van der Waals surface area (Å²) in [4.78, 5) is 15.2. The van der Waals surface area contributed by atoms with Crippen LogP contribution < -0.4 is 0 Å². The summed E-state index contributed by atoms with van der Waals surface area (Å²) in [7, 11) is 1.39. The Labute approximate surface area is 137 Å². The van der Waals surface area contributed by atoms with Crippen LogP contribution in [0.2, 0.25) is 0 Å². The van der Waals surface area contributed by atoms with E-state index in [2.05, 4.69) is 15.8 Å². The number of hydrogen-bond donors (Lipinski definition) is 0. The van der Waals surface area contributed by atoms with E-state index in [4.69, 9.17) is 23.2 Å². The van der Waals surface area contributed by atoms with E-state index in [1.54, 1.807) is 0 Å². The molecule has 1 heterocycles. The van der Waals surface area contributed by atoms with E-state index in [1.807, 2.05) is 12.2 Å². The van der Waals surface area contributed by atoms with Gasteiger partial charge in [0.2, 0.25) is 0 Å². The molecule has 1 aliphatic rings. The van der Waals surface area contributed by atoms with Crippen molar-refractivity contribution in [2.24, 2.45) is 4.99 Å². The van der Waals surface area contributed by atoms with E-state index in [0.717, 1.165) is 25.0 Å². The molecule has 0 aromatic heterocycles. The van der Waals surface area contributed by atoms with Crippen LogP contribution in [0.25, 0.3) is 0 Å². The molecule has 0 bridgehead atoms. The number of carbonyl (C=O) groups is 1. The summed E-state index contributed by atoms with van der Waals surface area (Å²) in [6, 6.07) is -0.332. The van der Waals surface area contributed by atoms with Crippen LogP contribution in [0.3, 0.4) is 0 Å². The highest BCUT2D eigenvalue weighted by molar-refractivity contribution is 6.55. The topological polar surface area (TPSA) is 38.7 Å². The molecule has 0 saturated carbocycles. The number of aliphatic imine (C=N–C) groups is 1. The Balaban J connectivity index is 1.86. The molecule has 1 aliphatic heterocycles. The Hall–Kier alpha value is -0.800. The van der Waals surface area contributed by atoms with Crippen LogP contribution in [0.4, 0.5) is 0 Å². The van der Waals surface area contributed by atoms with Gasteiger partial charge in [-0.1, -0.05) is 61.0 Å². The first-order valence-corrected chi connectivity index (χ1v) is 8.24. The minimum Gasteiger partial charge on any atom is -0.467 e. The van der Waals surface area contributed by atoms with Crippen LogP contribution in [0.15, 0.2) is 27.7 Å². The second kappa shape index (κ2) is 10.9. The van der Waals surface area contributed by atoms with Gasteiger partial charge in [-0.25, -0.2) is 4.79 Å². The van der Waals surface area contributed by atoms with Crippen LogP contribution in [0.1, 0.15) is 51.4 Å². The molecule has 118 valence electrons. The standard InChI is InChI=1S/C16H23Cl2NO2/c1-21-16(20)15-13(19-15)11-9-7-5-3-2-4-6-8-10-12-14(17)18/h9,11-12,15H,2-8,10H2,1H3/b11-9+. The molecule has 1 atom stereocenters. The average molecular weight is 332 g/mol. The third kappa shape index (κ3) is 8.94. The second-order valence-electron chi connectivity index (χ2n) is 5.07. The van der Waals surface area contributed by atoms with E-state index in [9.17, 15) is 4.79 Å². The number of carbonyl (C=O) groups excluding carboxylic acids is 1. The Morgan fingerprint density at radius 1 is 1.14 bits per heavy atom. The van der Waals surface area contributed by atoms with Gasteiger partial charge in [-0.15, -0.1) is 0 Å². The fourth-order valence-electron chi connectivity index (χ4n) is 2.06. The highest BCUT2D eigenvalue weighted by atomic mass is 35.5. The maximum atomic E-state index is 11.1. The van der Waals surface area contributed by atoms with E-state index in [0.29, 0.717) is 4.49 Å². The lowest BCUT2D eigenvalue weighted by molar-refractivity contribution is -0.139. The van der Waals surface area contributed by atoms with Gasteiger partial charge in [0.25, 0.3) is 0 Å². The molecule has 1 unspecified atom stereocenters. The first-order chi connectivity index (χ1) is 10.1. The summed E-state index contributed by atoms with van der Waals surface area (Å²) in [5.74, 6) is -0.264. The lowest BCUT2D eigenvalue weighted by Gasteiger charge is -1.99. The van der Waals surface area contributed by atoms with Crippen molar-refractivity contribution in [3.8, 4) is 0 Å². The van der Waals surface area contributed by atoms with Crippen molar-refractivity contribution in [3.63, 3.8) is 0 Å². The molecular formula is C16H23Cl2NO2. The maximum Gasteiger partial charge on any atom is 0.336 e. The third-order valence-corrected chi connectivity index (χ3v) is 3.64. The Morgan fingerprint density at radius 3 is 2.38 bits per heavy atom. The normalized spacial score (nSPS) is 16.7. The summed E-state index contributed by atoms with van der Waals surface area (Å²) in [6.45, 7) is 0. The molecule has 5 heteroatoms. The van der Waals surface area contributed by atoms with Crippen LogP contribution in [0, 0.1) is 0 Å². The van der Waals surface area contributed by atoms with Crippen LogP contribution in [-0.4, -0.2) is 24.8 Å². The molecule has 21 heavy (non-hydrogen) atoms. The Kier molecular flexibility index (Phi) is 9.44. The number of methoxy groups -OCH3 is 1. The number of rotatable bonds is 11. The molecule has 0 aromatic carbocycles. The number of esters is 1. The molecule has 0 aliphatic carbocycles. The highest BCUT2D eigenvalue weighted by Gasteiger charge is 2.33. The smallest absolute Gasteiger partial charge is 0.336 e. The van der Waals surface area contributed by atoms with Gasteiger partial charge in [0.05, 0.1) is 12.8 Å². The lowest BCUT2D eigenvalue weighted by atomic mass is 10.1. The van der Waals surface area contributed by atoms with Crippen molar-refractivity contribution in [2.75, 3.05) is 7.11 Å². The molecule has 0 spiro atoms. The maximum absolute atomic E-state index is 11.1. The van der Waals surface area contributed by atoms with E-state index < -0.39 is 0 Å². The van der Waals surface area contributed by atoms with Gasteiger partial charge in [-0.2, -0.15) is 0 Å². The Morgan fingerprint density at radius 2 is 1.76 bits per heavy atom. The van der Waals surface area contributed by atoms with Crippen LogP contribution in [-0.2, 0) is 9.53 Å². The van der Waals surface area contributed by atoms with Gasteiger partial charge in [-0.05, 0) is 31.8 Å². The van der Waals surface area contributed by atoms with E-state index in [-0.39, 0.29) is 12.0 Å². The van der Waals surface area contributed by atoms with Gasteiger partial charge < -0.3 is 4.74 Å². The minimum absolute atomic E-state index is 0.264. The van der Waals surface area contributed by atoms with Crippen LogP contribution in [0.5, 0.6) is 0 Å². The predicted molar refractivity (Wildman–Crippen MR) is 89.1 cm³/mol. The highest BCUT2D eigenvalue weighted by Crippen LogP contribution is 2.16. The number of unbranched alkanes of at least 4 members (excludes halogenated alkanes) is 7. The van der Waals surface area contributed by atoms with E-state index >= 15 is 0 Å². The Bertz CT molecular complexity index is 413. The van der Waals surface area contributed by atoms with Crippen molar-refractivity contribution in [1.29, 1.82) is 0 Å². The summed E-state index contributed by atoms with van der Waals surface area (Å²) in [5.41, 5.74) is 0.841. The van der Waals surface area contributed by atoms with E-state index in [1.165, 1.54) is 39.2 Å². The predicted octanol–water partition coefficient (Wildman–Crippen LogP) is 4.98. The molecule has 0 N–H and O–H groups in total. The fraction of sp³-hybridized carbons (Fsp3) is 0.625. The minimum atomic E-state index is -0.332. The quantitative estimate of drug-likeness (QED) is 0.395. The molecule has 3 nitrogen and oxygen atoms in total. The zero-order valence-electron chi connectivity index (χ0n) is 12.5. The van der Waals surface area contributed by atoms with Gasteiger partial charge in [0, 0.05) is 0 Å². The zero-order chi connectivity index (χ0) is 15.5. The van der Waals surface area contributed by atoms with Crippen molar-refractivity contribution >= 4 is 34.9 Å². The van der Waals surface area contributed by atoms with Crippen molar-refractivity contribution in [1.82, 2.24) is 0 Å².